The van der Waals surface area contributed by atoms with Gasteiger partial charge in [-0.15, -0.1) is 0 Å². The second-order valence-corrected chi connectivity index (χ2v) is 5.56. The monoisotopic (exact) mass is 241 g/mol. The van der Waals surface area contributed by atoms with Crippen LogP contribution < -0.4 is 5.32 Å². The molecular formula is C13H17ClFN. The predicted octanol–water partition coefficient (Wildman–Crippen LogP) is 3.76. The maximum Gasteiger partial charge on any atom is 0.125 e. The summed E-state index contributed by atoms with van der Waals surface area (Å²) >= 11 is 5.81. The highest BCUT2D eigenvalue weighted by Crippen LogP contribution is 2.39. The molecule has 3 heteroatoms. The third kappa shape index (κ3) is 2.96. The van der Waals surface area contributed by atoms with Gasteiger partial charge in [0.1, 0.15) is 5.82 Å². The number of hydrogen-bond acceptors (Lipinski definition) is 1. The Morgan fingerprint density at radius 2 is 2.06 bits per heavy atom. The first-order valence-electron chi connectivity index (χ1n) is 5.67. The molecule has 0 amide bonds. The fourth-order valence-corrected chi connectivity index (χ4v) is 2.24. The Morgan fingerprint density at radius 1 is 1.38 bits per heavy atom. The molecule has 0 radical (unpaired) electrons. The first-order chi connectivity index (χ1) is 7.47. The normalized spacial score (nSPS) is 16.5. The van der Waals surface area contributed by atoms with E-state index in [0.717, 1.165) is 11.5 Å². The molecule has 1 aromatic rings. The number of nitrogens with one attached hydrogen (secondary N) is 1. The SMILES string of the molecule is CC(C)(NCc1cc(F)cc(Cl)c1)C1CC1. The molecule has 1 aliphatic carbocycles. The fraction of sp³-hybridized carbons (Fsp3) is 0.538. The molecule has 0 unspecified atom stereocenters. The van der Waals surface area contributed by atoms with Crippen LogP contribution in [0, 0.1) is 11.7 Å². The number of halogens is 2. The Bertz CT molecular complexity index is 365. The van der Waals surface area contributed by atoms with Crippen molar-refractivity contribution in [1.82, 2.24) is 5.32 Å². The minimum Gasteiger partial charge on any atom is -0.307 e. The van der Waals surface area contributed by atoms with Gasteiger partial charge in [0.15, 0.2) is 0 Å². The molecule has 0 bridgehead atoms. The second kappa shape index (κ2) is 4.34. The summed E-state index contributed by atoms with van der Waals surface area (Å²) in [4.78, 5) is 0. The van der Waals surface area contributed by atoms with Crippen LogP contribution in [0.4, 0.5) is 4.39 Å². The smallest absolute Gasteiger partial charge is 0.125 e. The summed E-state index contributed by atoms with van der Waals surface area (Å²) in [6.45, 7) is 5.07. The largest absolute Gasteiger partial charge is 0.307 e. The summed E-state index contributed by atoms with van der Waals surface area (Å²) in [6, 6.07) is 4.67. The zero-order valence-corrected chi connectivity index (χ0v) is 10.4. The van der Waals surface area contributed by atoms with Crippen LogP contribution in [0.15, 0.2) is 18.2 Å². The van der Waals surface area contributed by atoms with Gasteiger partial charge in [-0.3, -0.25) is 0 Å². The third-order valence-electron chi connectivity index (χ3n) is 3.27. The van der Waals surface area contributed by atoms with Gasteiger partial charge < -0.3 is 5.32 Å². The Kier molecular flexibility index (Phi) is 3.22. The zero-order chi connectivity index (χ0) is 11.8. The molecule has 1 saturated carbocycles. The summed E-state index contributed by atoms with van der Waals surface area (Å²) in [6.07, 6.45) is 2.59. The second-order valence-electron chi connectivity index (χ2n) is 5.13. The van der Waals surface area contributed by atoms with Crippen molar-refractivity contribution < 1.29 is 4.39 Å². The van der Waals surface area contributed by atoms with Crippen LogP contribution in [0.5, 0.6) is 0 Å². The molecule has 0 atom stereocenters. The molecule has 88 valence electrons. The average Bonchev–Trinajstić information content (AvgIpc) is 2.96. The lowest BCUT2D eigenvalue weighted by Gasteiger charge is -2.26. The first kappa shape index (κ1) is 11.9. The third-order valence-corrected chi connectivity index (χ3v) is 3.49. The van der Waals surface area contributed by atoms with Crippen LogP contribution in [-0.2, 0) is 6.54 Å². The van der Waals surface area contributed by atoms with Crippen molar-refractivity contribution in [1.29, 1.82) is 0 Å². The van der Waals surface area contributed by atoms with E-state index in [2.05, 4.69) is 19.2 Å². The van der Waals surface area contributed by atoms with Gasteiger partial charge in [0.05, 0.1) is 0 Å². The van der Waals surface area contributed by atoms with Gasteiger partial charge in [-0.05, 0) is 56.4 Å². The molecular weight excluding hydrogens is 225 g/mol. The molecule has 1 N–H and O–H groups in total. The Balaban J connectivity index is 1.98. The highest BCUT2D eigenvalue weighted by molar-refractivity contribution is 6.30. The van der Waals surface area contributed by atoms with Crippen molar-refractivity contribution in [3.05, 3.63) is 34.6 Å². The Morgan fingerprint density at radius 3 is 2.62 bits per heavy atom. The highest BCUT2D eigenvalue weighted by atomic mass is 35.5. The van der Waals surface area contributed by atoms with Crippen molar-refractivity contribution in [2.24, 2.45) is 5.92 Å². The summed E-state index contributed by atoms with van der Waals surface area (Å²) in [5.41, 5.74) is 1.04. The van der Waals surface area contributed by atoms with E-state index >= 15 is 0 Å². The van der Waals surface area contributed by atoms with Gasteiger partial charge in [0.25, 0.3) is 0 Å². The number of hydrogen-bond donors (Lipinski definition) is 1. The highest BCUT2D eigenvalue weighted by Gasteiger charge is 2.37. The van der Waals surface area contributed by atoms with Crippen LogP contribution >= 0.6 is 11.6 Å². The summed E-state index contributed by atoms with van der Waals surface area (Å²) < 4.78 is 13.1. The standard InChI is InChI=1S/C13H17ClFN/c1-13(2,10-3-4-10)16-8-9-5-11(14)7-12(15)6-9/h5-7,10,16H,3-4,8H2,1-2H3. The lowest BCUT2D eigenvalue weighted by atomic mass is 9.98. The Labute approximate surface area is 101 Å². The number of rotatable bonds is 4. The van der Waals surface area contributed by atoms with Gasteiger partial charge in [-0.1, -0.05) is 11.6 Å². The number of benzene rings is 1. The van der Waals surface area contributed by atoms with Crippen LogP contribution in [0.1, 0.15) is 32.3 Å². The molecule has 1 aliphatic rings. The van der Waals surface area contributed by atoms with Crippen molar-refractivity contribution in [2.45, 2.75) is 38.8 Å². The van der Waals surface area contributed by atoms with E-state index in [0.29, 0.717) is 11.6 Å². The first-order valence-corrected chi connectivity index (χ1v) is 6.05. The minimum absolute atomic E-state index is 0.138. The van der Waals surface area contributed by atoms with Crippen molar-refractivity contribution in [2.75, 3.05) is 0 Å². The molecule has 1 nitrogen and oxygen atoms in total. The van der Waals surface area contributed by atoms with Crippen molar-refractivity contribution in [3.63, 3.8) is 0 Å². The topological polar surface area (TPSA) is 12.0 Å². The van der Waals surface area contributed by atoms with Crippen LogP contribution in [0.3, 0.4) is 0 Å². The molecule has 0 aromatic heterocycles. The Hall–Kier alpha value is -0.600. The maximum atomic E-state index is 13.1. The molecule has 1 fully saturated rings. The molecule has 2 rings (SSSR count). The van der Waals surface area contributed by atoms with Crippen LogP contribution in [-0.4, -0.2) is 5.54 Å². The van der Waals surface area contributed by atoms with Crippen molar-refractivity contribution >= 4 is 11.6 Å². The predicted molar refractivity (Wildman–Crippen MR) is 65.1 cm³/mol. The van der Waals surface area contributed by atoms with E-state index in [1.807, 2.05) is 0 Å². The van der Waals surface area contributed by atoms with Crippen LogP contribution in [0.2, 0.25) is 5.02 Å². The molecule has 0 saturated heterocycles. The molecule has 1 aromatic carbocycles. The van der Waals surface area contributed by atoms with E-state index in [-0.39, 0.29) is 11.4 Å². The van der Waals surface area contributed by atoms with E-state index in [1.54, 1.807) is 6.07 Å². The zero-order valence-electron chi connectivity index (χ0n) is 9.69. The summed E-state index contributed by atoms with van der Waals surface area (Å²) in [5, 5.41) is 3.93. The quantitative estimate of drug-likeness (QED) is 0.847. The van der Waals surface area contributed by atoms with Gasteiger partial charge in [0.2, 0.25) is 0 Å². The van der Waals surface area contributed by atoms with E-state index in [4.69, 9.17) is 11.6 Å². The average molecular weight is 242 g/mol. The van der Waals surface area contributed by atoms with Crippen molar-refractivity contribution in [3.8, 4) is 0 Å². The summed E-state index contributed by atoms with van der Waals surface area (Å²) in [7, 11) is 0. The molecule has 0 spiro atoms. The molecule has 0 aliphatic heterocycles. The lowest BCUT2D eigenvalue weighted by Crippen LogP contribution is -2.40. The summed E-state index contributed by atoms with van der Waals surface area (Å²) in [5.74, 6) is 0.491. The molecule has 0 heterocycles. The molecule has 16 heavy (non-hydrogen) atoms. The minimum atomic E-state index is -0.270. The van der Waals surface area contributed by atoms with E-state index in [1.165, 1.54) is 25.0 Å². The van der Waals surface area contributed by atoms with E-state index < -0.39 is 0 Å². The van der Waals surface area contributed by atoms with Gasteiger partial charge in [0, 0.05) is 17.1 Å². The maximum absolute atomic E-state index is 13.1. The van der Waals surface area contributed by atoms with Gasteiger partial charge in [-0.25, -0.2) is 4.39 Å². The lowest BCUT2D eigenvalue weighted by molar-refractivity contribution is 0.339. The fourth-order valence-electron chi connectivity index (χ4n) is 1.99. The van der Waals surface area contributed by atoms with Gasteiger partial charge in [-0.2, -0.15) is 0 Å². The van der Waals surface area contributed by atoms with E-state index in [9.17, 15) is 4.39 Å². The van der Waals surface area contributed by atoms with Gasteiger partial charge >= 0.3 is 0 Å². The van der Waals surface area contributed by atoms with Crippen LogP contribution in [0.25, 0.3) is 0 Å².